The Morgan fingerprint density at radius 3 is 2.29 bits per heavy atom. The van der Waals surface area contributed by atoms with E-state index in [2.05, 4.69) is 5.32 Å². The number of methoxy groups -OCH3 is 3. The van der Waals surface area contributed by atoms with Crippen LogP contribution in [-0.4, -0.2) is 56.7 Å². The number of hydrogen-bond donors (Lipinski definition) is 2. The zero-order valence-corrected chi connectivity index (χ0v) is 14.1. The molecule has 132 valence electrons. The second-order valence-electron chi connectivity index (χ2n) is 6.19. The van der Waals surface area contributed by atoms with E-state index in [1.165, 1.54) is 21.3 Å². The average Bonchev–Trinajstić information content (AvgIpc) is 2.85. The van der Waals surface area contributed by atoms with Gasteiger partial charge in [-0.1, -0.05) is 0 Å². The largest absolute Gasteiger partial charge is 0.493 e. The van der Waals surface area contributed by atoms with E-state index in [9.17, 15) is 9.90 Å². The Balaban J connectivity index is 1.75. The second kappa shape index (κ2) is 6.86. The fraction of sp³-hybridized carbons (Fsp3) is 0.588. The van der Waals surface area contributed by atoms with Gasteiger partial charge in [-0.15, -0.1) is 0 Å². The Morgan fingerprint density at radius 1 is 1.08 bits per heavy atom. The molecule has 0 amide bonds. The van der Waals surface area contributed by atoms with E-state index < -0.39 is 5.97 Å². The highest BCUT2D eigenvalue weighted by atomic mass is 16.5. The number of rotatable bonds is 5. The first-order chi connectivity index (χ1) is 11.5. The molecule has 4 atom stereocenters. The quantitative estimate of drug-likeness (QED) is 0.779. The van der Waals surface area contributed by atoms with Crippen molar-refractivity contribution in [2.75, 3.05) is 21.3 Å². The number of piperidine rings is 1. The van der Waals surface area contributed by atoms with E-state index in [1.807, 2.05) is 0 Å². The molecule has 2 fully saturated rings. The molecule has 1 aromatic carbocycles. The molecule has 24 heavy (non-hydrogen) atoms. The van der Waals surface area contributed by atoms with Crippen LogP contribution in [0.1, 0.15) is 29.6 Å². The summed E-state index contributed by atoms with van der Waals surface area (Å²) in [4.78, 5) is 12.5. The van der Waals surface area contributed by atoms with Crippen molar-refractivity contribution in [1.82, 2.24) is 5.32 Å². The molecule has 0 radical (unpaired) electrons. The standard InChI is InChI=1S/C17H23NO6/c1-21-14-4-9(5-15(22-2)16(14)23-3)17(20)24-11-6-10-7-13(19)12(8-11)18-10/h4-5,10-13,18-19H,6-8H2,1-3H3/t10-,11-,12+,13-/m1/s1. The Bertz CT molecular complexity index is 592. The van der Waals surface area contributed by atoms with Crippen molar-refractivity contribution in [2.24, 2.45) is 0 Å². The predicted molar refractivity (Wildman–Crippen MR) is 85.9 cm³/mol. The van der Waals surface area contributed by atoms with Gasteiger partial charge in [0.25, 0.3) is 0 Å². The Kier molecular flexibility index (Phi) is 4.82. The number of hydrogen-bond acceptors (Lipinski definition) is 7. The van der Waals surface area contributed by atoms with Gasteiger partial charge in [-0.2, -0.15) is 0 Å². The van der Waals surface area contributed by atoms with Gasteiger partial charge in [-0.25, -0.2) is 4.79 Å². The molecule has 2 saturated heterocycles. The van der Waals surface area contributed by atoms with Crippen LogP contribution in [0.25, 0.3) is 0 Å². The summed E-state index contributed by atoms with van der Waals surface area (Å²) >= 11 is 0. The van der Waals surface area contributed by atoms with Crippen LogP contribution in [0.15, 0.2) is 12.1 Å². The van der Waals surface area contributed by atoms with Crippen LogP contribution in [0.2, 0.25) is 0 Å². The van der Waals surface area contributed by atoms with Crippen LogP contribution < -0.4 is 19.5 Å². The minimum Gasteiger partial charge on any atom is -0.493 e. The number of carbonyl (C=O) groups is 1. The third-order valence-electron chi connectivity index (χ3n) is 4.68. The molecule has 2 N–H and O–H groups in total. The first-order valence-corrected chi connectivity index (χ1v) is 8.00. The van der Waals surface area contributed by atoms with E-state index >= 15 is 0 Å². The number of aliphatic hydroxyl groups is 1. The van der Waals surface area contributed by atoms with E-state index in [0.717, 1.165) is 0 Å². The molecule has 2 aliphatic rings. The molecular formula is C17H23NO6. The predicted octanol–water partition coefficient (Wildman–Crippen LogP) is 1.12. The van der Waals surface area contributed by atoms with Gasteiger partial charge in [0.15, 0.2) is 11.5 Å². The van der Waals surface area contributed by atoms with E-state index in [1.54, 1.807) is 12.1 Å². The Hall–Kier alpha value is -1.99. The van der Waals surface area contributed by atoms with Gasteiger partial charge in [0.05, 0.1) is 33.0 Å². The Labute approximate surface area is 140 Å². The summed E-state index contributed by atoms with van der Waals surface area (Å²) in [6.07, 6.45) is 1.48. The fourth-order valence-corrected chi connectivity index (χ4v) is 3.54. The molecule has 2 heterocycles. The van der Waals surface area contributed by atoms with Crippen LogP contribution in [0.3, 0.4) is 0 Å². The normalized spacial score (nSPS) is 28.3. The van der Waals surface area contributed by atoms with Gasteiger partial charge in [0.2, 0.25) is 5.75 Å². The highest BCUT2D eigenvalue weighted by Crippen LogP contribution is 2.38. The molecule has 7 nitrogen and oxygen atoms in total. The lowest BCUT2D eigenvalue weighted by atomic mass is 10.0. The number of nitrogens with one attached hydrogen (secondary N) is 1. The number of fused-ring (bicyclic) bond motifs is 2. The van der Waals surface area contributed by atoms with Crippen molar-refractivity contribution in [3.05, 3.63) is 17.7 Å². The second-order valence-corrected chi connectivity index (χ2v) is 6.19. The molecule has 2 bridgehead atoms. The van der Waals surface area contributed by atoms with E-state index in [-0.39, 0.29) is 24.3 Å². The molecule has 0 aromatic heterocycles. The zero-order chi connectivity index (χ0) is 17.3. The third kappa shape index (κ3) is 3.14. The summed E-state index contributed by atoms with van der Waals surface area (Å²) in [6, 6.07) is 3.36. The monoisotopic (exact) mass is 337 g/mol. The van der Waals surface area contributed by atoms with Gasteiger partial charge in [0.1, 0.15) is 6.10 Å². The Morgan fingerprint density at radius 2 is 1.75 bits per heavy atom. The molecule has 0 saturated carbocycles. The van der Waals surface area contributed by atoms with Gasteiger partial charge in [-0.05, 0) is 25.0 Å². The summed E-state index contributed by atoms with van der Waals surface area (Å²) in [6.45, 7) is 0. The first kappa shape index (κ1) is 16.9. The maximum atomic E-state index is 12.5. The number of aliphatic hydroxyl groups excluding tert-OH is 1. The smallest absolute Gasteiger partial charge is 0.338 e. The minimum absolute atomic E-state index is 0.00138. The first-order valence-electron chi connectivity index (χ1n) is 8.00. The highest BCUT2D eigenvalue weighted by Gasteiger charge is 2.41. The van der Waals surface area contributed by atoms with Crippen molar-refractivity contribution in [1.29, 1.82) is 0 Å². The van der Waals surface area contributed by atoms with Crippen LogP contribution in [0.4, 0.5) is 0 Å². The third-order valence-corrected chi connectivity index (χ3v) is 4.68. The van der Waals surface area contributed by atoms with Crippen molar-refractivity contribution >= 4 is 5.97 Å². The molecule has 2 aliphatic heterocycles. The van der Waals surface area contributed by atoms with Crippen molar-refractivity contribution in [3.63, 3.8) is 0 Å². The average molecular weight is 337 g/mol. The number of esters is 1. The maximum Gasteiger partial charge on any atom is 0.338 e. The molecule has 7 heteroatoms. The van der Waals surface area contributed by atoms with E-state index in [0.29, 0.717) is 42.1 Å². The highest BCUT2D eigenvalue weighted by molar-refractivity contribution is 5.91. The molecular weight excluding hydrogens is 314 g/mol. The molecule has 0 unspecified atom stereocenters. The van der Waals surface area contributed by atoms with Crippen molar-refractivity contribution in [2.45, 2.75) is 43.6 Å². The maximum absolute atomic E-state index is 12.5. The van der Waals surface area contributed by atoms with Crippen molar-refractivity contribution in [3.8, 4) is 17.2 Å². The molecule has 3 rings (SSSR count). The fourth-order valence-electron chi connectivity index (χ4n) is 3.54. The molecule has 0 aliphatic carbocycles. The number of benzene rings is 1. The summed E-state index contributed by atoms with van der Waals surface area (Å²) in [5.41, 5.74) is 0.343. The topological polar surface area (TPSA) is 86.3 Å². The van der Waals surface area contributed by atoms with Crippen molar-refractivity contribution < 1.29 is 28.8 Å². The summed E-state index contributed by atoms with van der Waals surface area (Å²) in [5, 5.41) is 13.2. The van der Waals surface area contributed by atoms with Gasteiger partial charge in [0, 0.05) is 18.5 Å². The lowest BCUT2D eigenvalue weighted by Gasteiger charge is -2.29. The number of ether oxygens (including phenoxy) is 4. The molecule has 0 spiro atoms. The lowest BCUT2D eigenvalue weighted by molar-refractivity contribution is 0.0146. The minimum atomic E-state index is -0.435. The van der Waals surface area contributed by atoms with Gasteiger partial charge >= 0.3 is 5.97 Å². The van der Waals surface area contributed by atoms with Crippen LogP contribution in [0, 0.1) is 0 Å². The summed E-state index contributed by atoms with van der Waals surface area (Å²) in [7, 11) is 4.51. The van der Waals surface area contributed by atoms with Crippen LogP contribution in [-0.2, 0) is 4.74 Å². The van der Waals surface area contributed by atoms with Gasteiger partial charge in [-0.3, -0.25) is 0 Å². The SMILES string of the molecule is COc1cc(C(=O)O[C@@H]2C[C@@H]3C[C@@H](O)[C@H](C2)N3)cc(OC)c1OC. The van der Waals surface area contributed by atoms with Gasteiger partial charge < -0.3 is 29.4 Å². The number of carbonyl (C=O) groups excluding carboxylic acids is 1. The zero-order valence-electron chi connectivity index (χ0n) is 14.1. The summed E-state index contributed by atoms with van der Waals surface area (Å²) < 4.78 is 21.4. The summed E-state index contributed by atoms with van der Waals surface area (Å²) in [5.74, 6) is 0.809. The molecule has 1 aromatic rings. The van der Waals surface area contributed by atoms with E-state index in [4.69, 9.17) is 18.9 Å². The van der Waals surface area contributed by atoms with Crippen LogP contribution >= 0.6 is 0 Å². The lowest BCUT2D eigenvalue weighted by Crippen LogP contribution is -2.44. The van der Waals surface area contributed by atoms with Crippen LogP contribution in [0.5, 0.6) is 17.2 Å².